The molecule has 1 aromatic heterocycles. The van der Waals surface area contributed by atoms with E-state index in [1.54, 1.807) is 0 Å². The Labute approximate surface area is 112 Å². The van der Waals surface area contributed by atoms with Crippen molar-refractivity contribution >= 4 is 5.97 Å². The normalized spacial score (nSPS) is 10.9. The lowest BCUT2D eigenvalue weighted by Crippen LogP contribution is -2.06. The van der Waals surface area contributed by atoms with Gasteiger partial charge in [0.15, 0.2) is 0 Å². The summed E-state index contributed by atoms with van der Waals surface area (Å²) < 4.78 is 1.86. The molecule has 0 atom stereocenters. The van der Waals surface area contributed by atoms with Crippen molar-refractivity contribution in [3.63, 3.8) is 0 Å². The maximum absolute atomic E-state index is 10.8. The van der Waals surface area contributed by atoms with E-state index in [2.05, 4.69) is 18.9 Å². The molecule has 0 unspecified atom stereocenters. The van der Waals surface area contributed by atoms with Gasteiger partial charge in [-0.05, 0) is 30.5 Å². The highest BCUT2D eigenvalue weighted by molar-refractivity contribution is 5.69. The quantitative estimate of drug-likeness (QED) is 0.917. The highest BCUT2D eigenvalue weighted by atomic mass is 16.4. The Morgan fingerprint density at radius 2 is 2.05 bits per heavy atom. The lowest BCUT2D eigenvalue weighted by atomic mass is 10.1. The molecule has 1 aromatic carbocycles. The van der Waals surface area contributed by atoms with Gasteiger partial charge < -0.3 is 5.11 Å². The SMILES string of the molecule is Cc1ccccc1-n1nc(CC(=O)O)cc1C(C)C. The van der Waals surface area contributed by atoms with Crippen LogP contribution in [-0.2, 0) is 11.2 Å². The van der Waals surface area contributed by atoms with Crippen LogP contribution in [0.25, 0.3) is 5.69 Å². The minimum atomic E-state index is -0.857. The topological polar surface area (TPSA) is 55.1 Å². The van der Waals surface area contributed by atoms with Gasteiger partial charge in [0.1, 0.15) is 0 Å². The third-order valence-corrected chi connectivity index (χ3v) is 3.06. The average Bonchev–Trinajstić information content (AvgIpc) is 2.72. The molecular weight excluding hydrogens is 240 g/mol. The number of aryl methyl sites for hydroxylation is 1. The molecule has 4 heteroatoms. The van der Waals surface area contributed by atoms with E-state index in [9.17, 15) is 4.79 Å². The first-order valence-electron chi connectivity index (χ1n) is 6.35. The molecule has 100 valence electrons. The number of hydrogen-bond donors (Lipinski definition) is 1. The Bertz CT molecular complexity index is 600. The zero-order valence-electron chi connectivity index (χ0n) is 11.4. The maximum Gasteiger partial charge on any atom is 0.309 e. The third-order valence-electron chi connectivity index (χ3n) is 3.06. The summed E-state index contributed by atoms with van der Waals surface area (Å²) in [6, 6.07) is 9.85. The van der Waals surface area contributed by atoms with Crippen LogP contribution in [0.2, 0.25) is 0 Å². The molecule has 0 aliphatic carbocycles. The Kier molecular flexibility index (Phi) is 3.69. The number of hydrogen-bond acceptors (Lipinski definition) is 2. The second-order valence-electron chi connectivity index (χ2n) is 4.98. The summed E-state index contributed by atoms with van der Waals surface area (Å²) >= 11 is 0. The predicted molar refractivity (Wildman–Crippen MR) is 73.7 cm³/mol. The summed E-state index contributed by atoms with van der Waals surface area (Å²) in [7, 11) is 0. The summed E-state index contributed by atoms with van der Waals surface area (Å²) in [6.45, 7) is 6.19. The van der Waals surface area contributed by atoms with Crippen LogP contribution >= 0.6 is 0 Å². The van der Waals surface area contributed by atoms with E-state index in [4.69, 9.17) is 5.11 Å². The van der Waals surface area contributed by atoms with Gasteiger partial charge in [0.2, 0.25) is 0 Å². The average molecular weight is 258 g/mol. The highest BCUT2D eigenvalue weighted by Crippen LogP contribution is 2.22. The fraction of sp³-hybridized carbons (Fsp3) is 0.333. The van der Waals surface area contributed by atoms with Gasteiger partial charge in [-0.2, -0.15) is 5.10 Å². The Balaban J connectivity index is 2.52. The molecule has 0 fully saturated rings. The van der Waals surface area contributed by atoms with Crippen LogP contribution in [0, 0.1) is 6.92 Å². The summed E-state index contributed by atoms with van der Waals surface area (Å²) in [5.41, 5.74) is 3.75. The van der Waals surface area contributed by atoms with Gasteiger partial charge in [-0.1, -0.05) is 32.0 Å². The van der Waals surface area contributed by atoms with Gasteiger partial charge in [0.25, 0.3) is 0 Å². The Morgan fingerprint density at radius 1 is 1.37 bits per heavy atom. The van der Waals surface area contributed by atoms with Gasteiger partial charge in [-0.15, -0.1) is 0 Å². The lowest BCUT2D eigenvalue weighted by molar-refractivity contribution is -0.136. The fourth-order valence-electron chi connectivity index (χ4n) is 2.09. The summed E-state index contributed by atoms with van der Waals surface area (Å²) in [6.07, 6.45) is -0.0431. The molecule has 0 aliphatic heterocycles. The van der Waals surface area contributed by atoms with Crippen molar-refractivity contribution in [3.05, 3.63) is 47.3 Å². The Morgan fingerprint density at radius 3 is 2.63 bits per heavy atom. The molecular formula is C15H18N2O2. The molecule has 2 rings (SSSR count). The van der Waals surface area contributed by atoms with E-state index in [1.807, 2.05) is 41.9 Å². The van der Waals surface area contributed by atoms with E-state index in [0.29, 0.717) is 5.69 Å². The molecule has 0 spiro atoms. The molecule has 0 saturated carbocycles. The molecule has 1 N–H and O–H groups in total. The predicted octanol–water partition coefficient (Wildman–Crippen LogP) is 2.93. The summed E-state index contributed by atoms with van der Waals surface area (Å²) in [5.74, 6) is -0.570. The van der Waals surface area contributed by atoms with Gasteiger partial charge in [-0.3, -0.25) is 4.79 Å². The molecule has 0 radical (unpaired) electrons. The first-order chi connectivity index (χ1) is 8.99. The lowest BCUT2D eigenvalue weighted by Gasteiger charge is -2.12. The van der Waals surface area contributed by atoms with Gasteiger partial charge >= 0.3 is 5.97 Å². The molecule has 19 heavy (non-hydrogen) atoms. The second kappa shape index (κ2) is 5.26. The van der Waals surface area contributed by atoms with Crippen LogP contribution in [0.1, 0.15) is 36.7 Å². The van der Waals surface area contributed by atoms with Crippen LogP contribution in [0.3, 0.4) is 0 Å². The number of carboxylic acid groups (broad SMARTS) is 1. The van der Waals surface area contributed by atoms with E-state index in [1.165, 1.54) is 0 Å². The Hall–Kier alpha value is -2.10. The third kappa shape index (κ3) is 2.84. The smallest absolute Gasteiger partial charge is 0.309 e. The number of nitrogens with zero attached hydrogens (tertiary/aromatic N) is 2. The van der Waals surface area contributed by atoms with Crippen LogP contribution < -0.4 is 0 Å². The van der Waals surface area contributed by atoms with Crippen molar-refractivity contribution in [3.8, 4) is 5.69 Å². The largest absolute Gasteiger partial charge is 0.481 e. The second-order valence-corrected chi connectivity index (χ2v) is 4.98. The molecule has 0 saturated heterocycles. The first-order valence-corrected chi connectivity index (χ1v) is 6.35. The number of carboxylic acids is 1. The fourth-order valence-corrected chi connectivity index (χ4v) is 2.09. The van der Waals surface area contributed by atoms with E-state index in [-0.39, 0.29) is 12.3 Å². The number of benzene rings is 1. The van der Waals surface area contributed by atoms with Crippen molar-refractivity contribution in [1.29, 1.82) is 0 Å². The first kappa shape index (κ1) is 13.3. The number of carbonyl (C=O) groups is 1. The van der Waals surface area contributed by atoms with Gasteiger partial charge in [0.05, 0.1) is 17.8 Å². The zero-order valence-corrected chi connectivity index (χ0v) is 11.4. The van der Waals surface area contributed by atoms with Crippen LogP contribution in [0.5, 0.6) is 0 Å². The van der Waals surface area contributed by atoms with E-state index in [0.717, 1.165) is 16.9 Å². The van der Waals surface area contributed by atoms with Crippen LogP contribution in [0.15, 0.2) is 30.3 Å². The minimum Gasteiger partial charge on any atom is -0.481 e. The number of aliphatic carboxylic acids is 1. The number of para-hydroxylation sites is 1. The monoisotopic (exact) mass is 258 g/mol. The summed E-state index contributed by atoms with van der Waals surface area (Å²) in [5, 5.41) is 13.3. The standard InChI is InChI=1S/C15H18N2O2/c1-10(2)14-8-12(9-15(18)19)16-17(14)13-7-5-4-6-11(13)3/h4-8,10H,9H2,1-3H3,(H,18,19). The molecule has 0 aliphatic rings. The van der Waals surface area contributed by atoms with E-state index < -0.39 is 5.97 Å². The van der Waals surface area contributed by atoms with Crippen LogP contribution in [-0.4, -0.2) is 20.9 Å². The van der Waals surface area contributed by atoms with Crippen molar-refractivity contribution in [2.45, 2.75) is 33.1 Å². The van der Waals surface area contributed by atoms with Crippen molar-refractivity contribution in [2.24, 2.45) is 0 Å². The van der Waals surface area contributed by atoms with Gasteiger partial charge in [-0.25, -0.2) is 4.68 Å². The summed E-state index contributed by atoms with van der Waals surface area (Å²) in [4.78, 5) is 10.8. The highest BCUT2D eigenvalue weighted by Gasteiger charge is 2.15. The molecule has 4 nitrogen and oxygen atoms in total. The van der Waals surface area contributed by atoms with Crippen LogP contribution in [0.4, 0.5) is 0 Å². The maximum atomic E-state index is 10.8. The van der Waals surface area contributed by atoms with Crippen molar-refractivity contribution in [1.82, 2.24) is 9.78 Å². The number of aromatic nitrogens is 2. The molecule has 1 heterocycles. The van der Waals surface area contributed by atoms with Crippen molar-refractivity contribution in [2.75, 3.05) is 0 Å². The molecule has 0 bridgehead atoms. The minimum absolute atomic E-state index is 0.0431. The van der Waals surface area contributed by atoms with E-state index >= 15 is 0 Å². The van der Waals surface area contributed by atoms with Crippen molar-refractivity contribution < 1.29 is 9.90 Å². The van der Waals surface area contributed by atoms with Gasteiger partial charge in [0, 0.05) is 5.69 Å². The number of rotatable bonds is 4. The zero-order chi connectivity index (χ0) is 14.0. The molecule has 2 aromatic rings. The molecule has 0 amide bonds.